The number of aromatic amines is 1. The third kappa shape index (κ3) is 4.21. The van der Waals surface area contributed by atoms with Crippen LogP contribution in [0.2, 0.25) is 0 Å². The fourth-order valence-electron chi connectivity index (χ4n) is 3.16. The number of ether oxygens (including phenoxy) is 1. The van der Waals surface area contributed by atoms with Crippen molar-refractivity contribution < 1.29 is 13.9 Å². The molecule has 2 aromatic heterocycles. The van der Waals surface area contributed by atoms with Crippen molar-refractivity contribution in [1.29, 1.82) is 0 Å². The van der Waals surface area contributed by atoms with Crippen LogP contribution in [-0.4, -0.2) is 22.8 Å². The number of rotatable bonds is 6. The predicted octanol–water partition coefficient (Wildman–Crippen LogP) is 3.97. The van der Waals surface area contributed by atoms with Crippen LogP contribution in [0.1, 0.15) is 21.9 Å². The molecule has 0 aliphatic carbocycles. The van der Waals surface area contributed by atoms with Crippen molar-refractivity contribution in [3.63, 3.8) is 0 Å². The normalized spacial score (nSPS) is 10.8. The summed E-state index contributed by atoms with van der Waals surface area (Å²) in [5, 5.41) is 0.906. The molecule has 1 N–H and O–H groups in total. The number of hydrogen-bond donors (Lipinski definition) is 1. The number of fused-ring (bicyclic) bond motifs is 1. The molecule has 6 nitrogen and oxygen atoms in total. The summed E-state index contributed by atoms with van der Waals surface area (Å²) in [6.07, 6.45) is 0. The Labute approximate surface area is 167 Å². The van der Waals surface area contributed by atoms with Gasteiger partial charge in [0.05, 0.1) is 0 Å². The third-order valence-corrected chi connectivity index (χ3v) is 4.59. The summed E-state index contributed by atoms with van der Waals surface area (Å²) >= 11 is 0. The number of hydrogen-bond acceptors (Lipinski definition) is 4. The van der Waals surface area contributed by atoms with Gasteiger partial charge in [-0.25, -0.2) is 0 Å². The number of amides is 1. The summed E-state index contributed by atoms with van der Waals surface area (Å²) in [4.78, 5) is 29.0. The van der Waals surface area contributed by atoms with Gasteiger partial charge in [-0.05, 0) is 35.9 Å². The van der Waals surface area contributed by atoms with Crippen LogP contribution in [0, 0.1) is 0 Å². The molecule has 0 atom stereocenters. The summed E-state index contributed by atoms with van der Waals surface area (Å²) in [7, 11) is 1.68. The minimum atomic E-state index is -0.264. The van der Waals surface area contributed by atoms with Crippen LogP contribution in [0.3, 0.4) is 0 Å². The smallest absolute Gasteiger partial charge is 0.289 e. The van der Waals surface area contributed by atoms with Crippen molar-refractivity contribution in [3.8, 4) is 5.75 Å². The van der Waals surface area contributed by atoms with Crippen LogP contribution >= 0.6 is 0 Å². The number of nitrogens with one attached hydrogen (secondary N) is 1. The van der Waals surface area contributed by atoms with E-state index < -0.39 is 0 Å². The van der Waals surface area contributed by atoms with Crippen molar-refractivity contribution in [2.24, 2.45) is 0 Å². The maximum atomic E-state index is 12.8. The Morgan fingerprint density at radius 2 is 1.79 bits per heavy atom. The van der Waals surface area contributed by atoms with E-state index in [0.29, 0.717) is 12.3 Å². The molecule has 0 spiro atoms. The van der Waals surface area contributed by atoms with E-state index in [9.17, 15) is 9.59 Å². The van der Waals surface area contributed by atoms with E-state index in [1.807, 2.05) is 54.6 Å². The first-order chi connectivity index (χ1) is 14.1. The molecule has 0 aliphatic heterocycles. The van der Waals surface area contributed by atoms with Gasteiger partial charge in [-0.2, -0.15) is 0 Å². The number of furan rings is 1. The topological polar surface area (TPSA) is 75.5 Å². The number of benzene rings is 2. The number of carbonyl (C=O) groups is 1. The SMILES string of the molecule is CN(Cc1cc(=O)[nH]c2ccccc12)C(=O)c1ccc(COc2ccccc2)o1. The molecule has 29 heavy (non-hydrogen) atoms. The molecule has 4 rings (SSSR count). The number of pyridine rings is 1. The van der Waals surface area contributed by atoms with Gasteiger partial charge in [-0.1, -0.05) is 36.4 Å². The Morgan fingerprint density at radius 1 is 1.03 bits per heavy atom. The highest BCUT2D eigenvalue weighted by Gasteiger charge is 2.18. The van der Waals surface area contributed by atoms with Crippen LogP contribution in [0.15, 0.2) is 82.0 Å². The summed E-state index contributed by atoms with van der Waals surface area (Å²) in [5.74, 6) is 1.26. The van der Waals surface area contributed by atoms with Gasteiger partial charge < -0.3 is 19.0 Å². The zero-order chi connectivity index (χ0) is 20.2. The van der Waals surface area contributed by atoms with Gasteiger partial charge in [-0.3, -0.25) is 9.59 Å². The average molecular weight is 388 g/mol. The van der Waals surface area contributed by atoms with Gasteiger partial charge in [0.2, 0.25) is 5.56 Å². The molecule has 0 bridgehead atoms. The van der Waals surface area contributed by atoms with E-state index in [-0.39, 0.29) is 23.8 Å². The molecular weight excluding hydrogens is 368 g/mol. The molecule has 6 heteroatoms. The summed E-state index contributed by atoms with van der Waals surface area (Å²) in [6.45, 7) is 0.527. The largest absolute Gasteiger partial charge is 0.486 e. The van der Waals surface area contributed by atoms with E-state index >= 15 is 0 Å². The fourth-order valence-corrected chi connectivity index (χ4v) is 3.16. The maximum Gasteiger partial charge on any atom is 0.289 e. The zero-order valence-corrected chi connectivity index (χ0v) is 15.9. The molecular formula is C23H20N2O4. The Hall–Kier alpha value is -3.80. The zero-order valence-electron chi connectivity index (χ0n) is 15.9. The lowest BCUT2D eigenvalue weighted by atomic mass is 10.1. The number of carbonyl (C=O) groups excluding carboxylic acids is 1. The van der Waals surface area contributed by atoms with Gasteiger partial charge in [0.15, 0.2) is 5.76 Å². The van der Waals surface area contributed by atoms with E-state index in [2.05, 4.69) is 4.98 Å². The second-order valence-corrected chi connectivity index (χ2v) is 6.73. The lowest BCUT2D eigenvalue weighted by molar-refractivity contribution is 0.0750. The van der Waals surface area contributed by atoms with Crippen molar-refractivity contribution in [3.05, 3.63) is 100 Å². The van der Waals surface area contributed by atoms with Crippen LogP contribution in [0.5, 0.6) is 5.75 Å². The standard InChI is InChI=1S/C23H20N2O4/c1-25(14-16-13-22(26)24-20-10-6-5-9-19(16)20)23(27)21-12-11-18(29-21)15-28-17-7-3-2-4-8-17/h2-13H,14-15H2,1H3,(H,24,26). The van der Waals surface area contributed by atoms with Crippen molar-refractivity contribution in [2.75, 3.05) is 7.05 Å². The first-order valence-electron chi connectivity index (χ1n) is 9.23. The van der Waals surface area contributed by atoms with Crippen molar-refractivity contribution in [2.45, 2.75) is 13.2 Å². The molecule has 4 aromatic rings. The summed E-state index contributed by atoms with van der Waals surface area (Å²) in [6, 6.07) is 21.8. The van der Waals surface area contributed by atoms with Gasteiger partial charge >= 0.3 is 0 Å². The van der Waals surface area contributed by atoms with Gasteiger partial charge in [0, 0.05) is 30.6 Å². The first-order valence-corrected chi connectivity index (χ1v) is 9.23. The summed E-state index contributed by atoms with van der Waals surface area (Å²) < 4.78 is 11.3. The molecule has 146 valence electrons. The molecule has 2 aromatic carbocycles. The Bertz CT molecular complexity index is 1190. The lowest BCUT2D eigenvalue weighted by Gasteiger charge is -2.17. The second-order valence-electron chi connectivity index (χ2n) is 6.73. The maximum absolute atomic E-state index is 12.8. The highest BCUT2D eigenvalue weighted by molar-refractivity contribution is 5.91. The van der Waals surface area contributed by atoms with Crippen molar-refractivity contribution in [1.82, 2.24) is 9.88 Å². The predicted molar refractivity (Wildman–Crippen MR) is 110 cm³/mol. The van der Waals surface area contributed by atoms with Crippen LogP contribution in [0.4, 0.5) is 0 Å². The van der Waals surface area contributed by atoms with Crippen LogP contribution in [-0.2, 0) is 13.2 Å². The number of H-pyrrole nitrogens is 1. The minimum Gasteiger partial charge on any atom is -0.486 e. The lowest BCUT2D eigenvalue weighted by Crippen LogP contribution is -2.26. The van der Waals surface area contributed by atoms with Crippen LogP contribution < -0.4 is 10.3 Å². The van der Waals surface area contributed by atoms with Gasteiger partial charge in [-0.15, -0.1) is 0 Å². The molecule has 1 amide bonds. The Balaban J connectivity index is 1.46. The molecule has 0 saturated heterocycles. The van der Waals surface area contributed by atoms with Crippen LogP contribution in [0.25, 0.3) is 10.9 Å². The number of aromatic nitrogens is 1. The monoisotopic (exact) mass is 388 g/mol. The fraction of sp³-hybridized carbons (Fsp3) is 0.130. The Kier molecular flexibility index (Phi) is 5.16. The summed E-state index contributed by atoms with van der Waals surface area (Å²) in [5.41, 5.74) is 1.33. The molecule has 0 fully saturated rings. The molecule has 0 saturated carbocycles. The Morgan fingerprint density at radius 3 is 2.62 bits per heavy atom. The highest BCUT2D eigenvalue weighted by Crippen LogP contribution is 2.18. The third-order valence-electron chi connectivity index (χ3n) is 4.59. The van der Waals surface area contributed by atoms with Gasteiger partial charge in [0.1, 0.15) is 18.1 Å². The van der Waals surface area contributed by atoms with Gasteiger partial charge in [0.25, 0.3) is 5.91 Å². The van der Waals surface area contributed by atoms with E-state index in [1.165, 1.54) is 11.0 Å². The molecule has 0 radical (unpaired) electrons. The minimum absolute atomic E-state index is 0.196. The van der Waals surface area contributed by atoms with E-state index in [0.717, 1.165) is 22.2 Å². The second kappa shape index (κ2) is 8.06. The molecule has 0 aliphatic rings. The molecule has 2 heterocycles. The van der Waals surface area contributed by atoms with E-state index in [1.54, 1.807) is 19.2 Å². The molecule has 0 unspecified atom stereocenters. The van der Waals surface area contributed by atoms with Crippen molar-refractivity contribution >= 4 is 16.8 Å². The average Bonchev–Trinajstić information content (AvgIpc) is 3.21. The number of nitrogens with zero attached hydrogens (tertiary/aromatic N) is 1. The highest BCUT2D eigenvalue weighted by atomic mass is 16.5. The number of para-hydroxylation sites is 2. The van der Waals surface area contributed by atoms with E-state index in [4.69, 9.17) is 9.15 Å². The quantitative estimate of drug-likeness (QED) is 0.542. The first kappa shape index (κ1) is 18.6.